The highest BCUT2D eigenvalue weighted by Gasteiger charge is 2.18. The predicted molar refractivity (Wildman–Crippen MR) is 111 cm³/mol. The van der Waals surface area contributed by atoms with E-state index in [0.717, 1.165) is 23.9 Å². The van der Waals surface area contributed by atoms with Gasteiger partial charge in [0.2, 0.25) is 0 Å². The fourth-order valence-electron chi connectivity index (χ4n) is 3.84. The molecule has 0 spiro atoms. The fraction of sp³-hybridized carbons (Fsp3) is 0.429. The molecule has 2 amide bonds. The van der Waals surface area contributed by atoms with Gasteiger partial charge in [-0.15, -0.1) is 0 Å². The molecule has 0 saturated heterocycles. The molecular weight excluding hydrogens is 368 g/mol. The SMILES string of the molecule is CN(Cc1n[nH]c2c1CCCCC2)C(=O)NCCn1ncc2ccccc2c1=O. The molecule has 3 aromatic rings. The second kappa shape index (κ2) is 8.46. The first kappa shape index (κ1) is 19.2. The summed E-state index contributed by atoms with van der Waals surface area (Å²) in [6, 6.07) is 7.17. The van der Waals surface area contributed by atoms with Gasteiger partial charge in [0, 0.05) is 24.7 Å². The van der Waals surface area contributed by atoms with Gasteiger partial charge in [-0.3, -0.25) is 9.89 Å². The average molecular weight is 394 g/mol. The van der Waals surface area contributed by atoms with Crippen LogP contribution in [0.3, 0.4) is 0 Å². The zero-order chi connectivity index (χ0) is 20.2. The van der Waals surface area contributed by atoms with Crippen molar-refractivity contribution < 1.29 is 4.79 Å². The van der Waals surface area contributed by atoms with Gasteiger partial charge in [-0.2, -0.15) is 10.2 Å². The number of nitrogens with one attached hydrogen (secondary N) is 2. The summed E-state index contributed by atoms with van der Waals surface area (Å²) in [5, 5.41) is 16.1. The number of urea groups is 1. The zero-order valence-corrected chi connectivity index (χ0v) is 16.6. The lowest BCUT2D eigenvalue weighted by molar-refractivity contribution is 0.205. The Morgan fingerprint density at radius 3 is 2.97 bits per heavy atom. The summed E-state index contributed by atoms with van der Waals surface area (Å²) in [5.74, 6) is 0. The Labute approximate surface area is 168 Å². The maximum atomic E-state index is 12.5. The van der Waals surface area contributed by atoms with Crippen LogP contribution in [0, 0.1) is 0 Å². The predicted octanol–water partition coefficient (Wildman–Crippen LogP) is 2.23. The molecule has 0 atom stereocenters. The zero-order valence-electron chi connectivity index (χ0n) is 16.6. The summed E-state index contributed by atoms with van der Waals surface area (Å²) in [7, 11) is 1.76. The topological polar surface area (TPSA) is 95.9 Å². The number of carbonyl (C=O) groups excluding carboxylic acids is 1. The molecule has 4 rings (SSSR count). The molecule has 0 radical (unpaired) electrons. The third kappa shape index (κ3) is 4.16. The highest BCUT2D eigenvalue weighted by atomic mass is 16.2. The lowest BCUT2D eigenvalue weighted by Gasteiger charge is -2.18. The smallest absolute Gasteiger partial charge is 0.317 e. The third-order valence-corrected chi connectivity index (χ3v) is 5.49. The molecule has 1 aromatic carbocycles. The van der Waals surface area contributed by atoms with Crippen molar-refractivity contribution in [1.29, 1.82) is 0 Å². The lowest BCUT2D eigenvalue weighted by atomic mass is 10.1. The molecule has 1 aliphatic rings. The van der Waals surface area contributed by atoms with E-state index >= 15 is 0 Å². The van der Waals surface area contributed by atoms with Crippen molar-refractivity contribution in [3.8, 4) is 0 Å². The molecule has 8 nitrogen and oxygen atoms in total. The number of nitrogens with zero attached hydrogens (tertiary/aromatic N) is 4. The van der Waals surface area contributed by atoms with Crippen LogP contribution in [-0.2, 0) is 25.9 Å². The van der Waals surface area contributed by atoms with E-state index in [1.165, 1.54) is 35.2 Å². The summed E-state index contributed by atoms with van der Waals surface area (Å²) < 4.78 is 1.39. The van der Waals surface area contributed by atoms with Gasteiger partial charge in [0.05, 0.1) is 30.4 Å². The Balaban J connectivity index is 1.34. The number of amides is 2. The van der Waals surface area contributed by atoms with Crippen molar-refractivity contribution in [2.45, 2.75) is 45.2 Å². The van der Waals surface area contributed by atoms with Crippen molar-refractivity contribution in [3.05, 3.63) is 57.8 Å². The van der Waals surface area contributed by atoms with Crippen molar-refractivity contribution in [1.82, 2.24) is 30.2 Å². The number of benzene rings is 1. The Hall–Kier alpha value is -3.16. The second-order valence-corrected chi connectivity index (χ2v) is 7.54. The first-order chi connectivity index (χ1) is 14.1. The van der Waals surface area contributed by atoms with E-state index in [2.05, 4.69) is 20.6 Å². The van der Waals surface area contributed by atoms with E-state index in [1.54, 1.807) is 24.2 Å². The number of carbonyl (C=O) groups is 1. The Kier molecular flexibility index (Phi) is 5.59. The standard InChI is InChI=1S/C21H26N6O2/c1-26(14-19-17-9-3-2-4-10-18(17)24-25-19)21(29)22-11-12-27-20(28)16-8-6-5-7-15(16)13-23-27/h5-8,13H,2-4,9-12,14H2,1H3,(H,22,29)(H,24,25). The monoisotopic (exact) mass is 394 g/mol. The van der Waals surface area contributed by atoms with Gasteiger partial charge in [-0.1, -0.05) is 24.6 Å². The van der Waals surface area contributed by atoms with Crippen LogP contribution < -0.4 is 10.9 Å². The van der Waals surface area contributed by atoms with Crippen LogP contribution in [0.1, 0.15) is 36.2 Å². The summed E-state index contributed by atoms with van der Waals surface area (Å²) in [6.45, 7) is 1.11. The normalized spacial score (nSPS) is 13.7. The van der Waals surface area contributed by atoms with Gasteiger partial charge in [0.25, 0.3) is 5.56 Å². The molecular formula is C21H26N6O2. The van der Waals surface area contributed by atoms with Gasteiger partial charge in [0.15, 0.2) is 0 Å². The van der Waals surface area contributed by atoms with Gasteiger partial charge in [-0.05, 0) is 37.3 Å². The summed E-state index contributed by atoms with van der Waals surface area (Å²) in [6.07, 6.45) is 7.32. The van der Waals surface area contributed by atoms with E-state index in [4.69, 9.17) is 0 Å². The van der Waals surface area contributed by atoms with Crippen molar-refractivity contribution in [2.24, 2.45) is 0 Å². The highest BCUT2D eigenvalue weighted by molar-refractivity contribution is 5.80. The van der Waals surface area contributed by atoms with Crippen LogP contribution in [0.25, 0.3) is 10.8 Å². The molecule has 2 heterocycles. The number of rotatable bonds is 5. The first-order valence-electron chi connectivity index (χ1n) is 10.1. The minimum Gasteiger partial charge on any atom is -0.336 e. The average Bonchev–Trinajstić information content (AvgIpc) is 2.95. The lowest BCUT2D eigenvalue weighted by Crippen LogP contribution is -2.39. The fourth-order valence-corrected chi connectivity index (χ4v) is 3.84. The number of hydrogen-bond acceptors (Lipinski definition) is 4. The molecule has 0 unspecified atom stereocenters. The molecule has 0 saturated carbocycles. The summed E-state index contributed by atoms with van der Waals surface area (Å²) in [5.41, 5.74) is 3.29. The van der Waals surface area contributed by atoms with Crippen LogP contribution in [-0.4, -0.2) is 44.5 Å². The van der Waals surface area contributed by atoms with E-state index in [1.807, 2.05) is 18.2 Å². The van der Waals surface area contributed by atoms with E-state index in [9.17, 15) is 9.59 Å². The molecule has 152 valence electrons. The Bertz CT molecular complexity index is 1070. The molecule has 2 aromatic heterocycles. The van der Waals surface area contributed by atoms with Crippen LogP contribution >= 0.6 is 0 Å². The molecule has 8 heteroatoms. The minimum absolute atomic E-state index is 0.148. The molecule has 0 aliphatic heterocycles. The number of hydrogen-bond donors (Lipinski definition) is 2. The van der Waals surface area contributed by atoms with Crippen LogP contribution in [0.5, 0.6) is 0 Å². The van der Waals surface area contributed by atoms with E-state index < -0.39 is 0 Å². The Morgan fingerprint density at radius 2 is 2.07 bits per heavy atom. The first-order valence-corrected chi connectivity index (χ1v) is 10.1. The molecule has 0 fully saturated rings. The number of fused-ring (bicyclic) bond motifs is 2. The largest absolute Gasteiger partial charge is 0.336 e. The minimum atomic E-state index is -0.191. The summed E-state index contributed by atoms with van der Waals surface area (Å²) >= 11 is 0. The highest BCUT2D eigenvalue weighted by Crippen LogP contribution is 2.22. The quantitative estimate of drug-likeness (QED) is 0.649. The van der Waals surface area contributed by atoms with Crippen LogP contribution in [0.15, 0.2) is 35.3 Å². The second-order valence-electron chi connectivity index (χ2n) is 7.54. The summed E-state index contributed by atoms with van der Waals surface area (Å²) in [4.78, 5) is 26.6. The van der Waals surface area contributed by atoms with Crippen molar-refractivity contribution >= 4 is 16.8 Å². The van der Waals surface area contributed by atoms with Gasteiger partial charge in [-0.25, -0.2) is 9.48 Å². The van der Waals surface area contributed by atoms with Gasteiger partial charge in [0.1, 0.15) is 0 Å². The Morgan fingerprint density at radius 1 is 1.24 bits per heavy atom. The van der Waals surface area contributed by atoms with Crippen LogP contribution in [0.4, 0.5) is 4.79 Å². The molecule has 0 bridgehead atoms. The number of aromatic amines is 1. The van der Waals surface area contributed by atoms with Crippen LogP contribution in [0.2, 0.25) is 0 Å². The third-order valence-electron chi connectivity index (χ3n) is 5.49. The number of aryl methyl sites for hydroxylation is 1. The maximum Gasteiger partial charge on any atom is 0.317 e. The van der Waals surface area contributed by atoms with Crippen molar-refractivity contribution in [2.75, 3.05) is 13.6 Å². The number of aromatic nitrogens is 4. The molecule has 1 aliphatic carbocycles. The molecule has 2 N–H and O–H groups in total. The van der Waals surface area contributed by atoms with Gasteiger partial charge >= 0.3 is 6.03 Å². The molecule has 29 heavy (non-hydrogen) atoms. The van der Waals surface area contributed by atoms with E-state index in [0.29, 0.717) is 25.0 Å². The number of H-pyrrole nitrogens is 1. The van der Waals surface area contributed by atoms with E-state index in [-0.39, 0.29) is 11.6 Å². The van der Waals surface area contributed by atoms with Gasteiger partial charge < -0.3 is 10.2 Å². The van der Waals surface area contributed by atoms with Crippen molar-refractivity contribution in [3.63, 3.8) is 0 Å². The maximum absolute atomic E-state index is 12.5.